The molecule has 0 saturated carbocycles. The molecule has 0 amide bonds. The van der Waals surface area contributed by atoms with Gasteiger partial charge in [0.1, 0.15) is 25.2 Å². The number of likely N-dealkylation sites (tertiary alicyclic amines) is 1. The third kappa shape index (κ3) is 3.31. The molecule has 0 spiro atoms. The van der Waals surface area contributed by atoms with Crippen LogP contribution in [0.3, 0.4) is 0 Å². The van der Waals surface area contributed by atoms with E-state index in [0.717, 1.165) is 19.6 Å². The lowest BCUT2D eigenvalue weighted by atomic mass is 10.4. The summed E-state index contributed by atoms with van der Waals surface area (Å²) in [5, 5.41) is 8.79. The molecule has 0 bridgehead atoms. The molecule has 5 heteroatoms. The number of hydrogen-bond acceptors (Lipinski definition) is 5. The van der Waals surface area contributed by atoms with Crippen LogP contribution in [0.15, 0.2) is 21.5 Å². The summed E-state index contributed by atoms with van der Waals surface area (Å²) in [5.41, 5.74) is -0.248. The first kappa shape index (κ1) is 12.1. The van der Waals surface area contributed by atoms with Crippen LogP contribution in [-0.2, 0) is 6.61 Å². The molecule has 94 valence electrons. The zero-order valence-electron chi connectivity index (χ0n) is 9.72. The standard InChI is InChI=1S/C12H17NO4/c14-8-10-7-11(15)12(9-17-10)16-6-5-13-3-1-2-4-13/h7,9,14H,1-6,8H2. The van der Waals surface area contributed by atoms with Gasteiger partial charge in [-0.3, -0.25) is 9.69 Å². The quantitative estimate of drug-likeness (QED) is 0.815. The minimum Gasteiger partial charge on any atom is -0.485 e. The van der Waals surface area contributed by atoms with E-state index in [-0.39, 0.29) is 23.5 Å². The van der Waals surface area contributed by atoms with Gasteiger partial charge in [-0.05, 0) is 25.9 Å². The Labute approximate surface area is 99.6 Å². The number of rotatable bonds is 5. The monoisotopic (exact) mass is 239 g/mol. The highest BCUT2D eigenvalue weighted by molar-refractivity contribution is 5.17. The van der Waals surface area contributed by atoms with E-state index >= 15 is 0 Å². The van der Waals surface area contributed by atoms with Gasteiger partial charge in [0.05, 0.1) is 0 Å². The van der Waals surface area contributed by atoms with E-state index in [1.807, 2.05) is 0 Å². The predicted octanol–water partition coefficient (Wildman–Crippen LogP) is 0.607. The van der Waals surface area contributed by atoms with Gasteiger partial charge in [0, 0.05) is 12.6 Å². The van der Waals surface area contributed by atoms with E-state index in [0.29, 0.717) is 6.61 Å². The van der Waals surface area contributed by atoms with Crippen LogP contribution in [0.25, 0.3) is 0 Å². The zero-order valence-corrected chi connectivity index (χ0v) is 9.72. The Balaban J connectivity index is 1.84. The summed E-state index contributed by atoms with van der Waals surface area (Å²) in [6, 6.07) is 1.26. The van der Waals surface area contributed by atoms with Gasteiger partial charge in [-0.25, -0.2) is 0 Å². The third-order valence-corrected chi connectivity index (χ3v) is 2.87. The molecule has 1 aliphatic rings. The largest absolute Gasteiger partial charge is 0.485 e. The van der Waals surface area contributed by atoms with Gasteiger partial charge in [0.25, 0.3) is 0 Å². The topological polar surface area (TPSA) is 62.9 Å². The van der Waals surface area contributed by atoms with Gasteiger partial charge in [-0.2, -0.15) is 0 Å². The van der Waals surface area contributed by atoms with E-state index < -0.39 is 0 Å². The van der Waals surface area contributed by atoms with Gasteiger partial charge in [-0.15, -0.1) is 0 Å². The van der Waals surface area contributed by atoms with Crippen LogP contribution in [0.4, 0.5) is 0 Å². The first-order valence-electron chi connectivity index (χ1n) is 5.87. The average molecular weight is 239 g/mol. The molecule has 5 nitrogen and oxygen atoms in total. The number of aliphatic hydroxyl groups excluding tert-OH is 1. The summed E-state index contributed by atoms with van der Waals surface area (Å²) < 4.78 is 10.4. The van der Waals surface area contributed by atoms with Gasteiger partial charge >= 0.3 is 0 Å². The molecule has 1 saturated heterocycles. The molecule has 0 atom stereocenters. The summed E-state index contributed by atoms with van der Waals surface area (Å²) in [6.45, 7) is 3.27. The second-order valence-electron chi connectivity index (χ2n) is 4.13. The van der Waals surface area contributed by atoms with E-state index in [4.69, 9.17) is 14.3 Å². The molecular weight excluding hydrogens is 222 g/mol. The van der Waals surface area contributed by atoms with Crippen LogP contribution in [0.2, 0.25) is 0 Å². The predicted molar refractivity (Wildman–Crippen MR) is 62.1 cm³/mol. The van der Waals surface area contributed by atoms with Crippen LogP contribution in [-0.4, -0.2) is 36.2 Å². The fourth-order valence-electron chi connectivity index (χ4n) is 1.92. The van der Waals surface area contributed by atoms with Crippen LogP contribution in [0, 0.1) is 0 Å². The lowest BCUT2D eigenvalue weighted by Gasteiger charge is -2.14. The van der Waals surface area contributed by atoms with E-state index in [1.54, 1.807) is 0 Å². The van der Waals surface area contributed by atoms with Crippen molar-refractivity contribution in [3.63, 3.8) is 0 Å². The molecule has 0 aliphatic carbocycles. The fraction of sp³-hybridized carbons (Fsp3) is 0.583. The Morgan fingerprint density at radius 2 is 2.18 bits per heavy atom. The molecule has 0 unspecified atom stereocenters. The molecule has 17 heavy (non-hydrogen) atoms. The summed E-state index contributed by atoms with van der Waals surface area (Å²) in [7, 11) is 0. The molecule has 2 rings (SSSR count). The van der Waals surface area contributed by atoms with Crippen molar-refractivity contribution in [1.29, 1.82) is 0 Å². The molecule has 1 fully saturated rings. The fourth-order valence-corrected chi connectivity index (χ4v) is 1.92. The molecule has 0 radical (unpaired) electrons. The number of nitrogens with zero attached hydrogens (tertiary/aromatic N) is 1. The highest BCUT2D eigenvalue weighted by Gasteiger charge is 2.11. The van der Waals surface area contributed by atoms with Gasteiger partial charge in [-0.1, -0.05) is 0 Å². The van der Waals surface area contributed by atoms with Crippen LogP contribution in [0.5, 0.6) is 5.75 Å². The average Bonchev–Trinajstić information content (AvgIpc) is 2.84. The van der Waals surface area contributed by atoms with Crippen molar-refractivity contribution in [2.24, 2.45) is 0 Å². The Morgan fingerprint density at radius 1 is 1.41 bits per heavy atom. The van der Waals surface area contributed by atoms with E-state index in [9.17, 15) is 4.79 Å². The van der Waals surface area contributed by atoms with Crippen molar-refractivity contribution >= 4 is 0 Å². The minimum absolute atomic E-state index is 0.210. The van der Waals surface area contributed by atoms with E-state index in [1.165, 1.54) is 25.2 Å². The Bertz CT molecular complexity index is 409. The van der Waals surface area contributed by atoms with Gasteiger partial charge in [0.15, 0.2) is 0 Å². The lowest BCUT2D eigenvalue weighted by molar-refractivity contribution is 0.221. The minimum atomic E-state index is -0.275. The van der Waals surface area contributed by atoms with Crippen molar-refractivity contribution in [3.8, 4) is 5.75 Å². The van der Waals surface area contributed by atoms with Gasteiger partial charge < -0.3 is 14.3 Å². The maximum Gasteiger partial charge on any atom is 0.227 e. The molecule has 1 N–H and O–H groups in total. The van der Waals surface area contributed by atoms with Crippen LogP contribution in [0.1, 0.15) is 18.6 Å². The van der Waals surface area contributed by atoms with Crippen molar-refractivity contribution in [2.75, 3.05) is 26.2 Å². The molecule has 2 heterocycles. The van der Waals surface area contributed by atoms with Crippen molar-refractivity contribution < 1.29 is 14.3 Å². The van der Waals surface area contributed by atoms with Crippen LogP contribution >= 0.6 is 0 Å². The van der Waals surface area contributed by atoms with E-state index in [2.05, 4.69) is 4.90 Å². The highest BCUT2D eigenvalue weighted by atomic mass is 16.5. The normalized spacial score (nSPS) is 16.3. The molecule has 0 aromatic carbocycles. The second kappa shape index (κ2) is 5.84. The second-order valence-corrected chi connectivity index (χ2v) is 4.13. The summed E-state index contributed by atoms with van der Waals surface area (Å²) in [5.74, 6) is 0.461. The number of hydrogen-bond donors (Lipinski definition) is 1. The maximum atomic E-state index is 11.5. The number of ether oxygens (including phenoxy) is 1. The molecule has 1 aliphatic heterocycles. The smallest absolute Gasteiger partial charge is 0.227 e. The summed E-state index contributed by atoms with van der Waals surface area (Å²) >= 11 is 0. The maximum absolute atomic E-state index is 11.5. The van der Waals surface area contributed by atoms with Crippen LogP contribution < -0.4 is 10.2 Å². The SMILES string of the molecule is O=c1cc(CO)occ1OCCN1CCCC1. The Kier molecular flexibility index (Phi) is 4.17. The third-order valence-electron chi connectivity index (χ3n) is 2.87. The number of aliphatic hydroxyl groups is 1. The molecule has 1 aromatic rings. The van der Waals surface area contributed by atoms with Crippen molar-refractivity contribution in [3.05, 3.63) is 28.3 Å². The summed E-state index contributed by atoms with van der Waals surface area (Å²) in [4.78, 5) is 13.8. The zero-order chi connectivity index (χ0) is 12.1. The highest BCUT2D eigenvalue weighted by Crippen LogP contribution is 2.08. The van der Waals surface area contributed by atoms with Crippen molar-refractivity contribution in [1.82, 2.24) is 4.90 Å². The first-order chi connectivity index (χ1) is 8.29. The Morgan fingerprint density at radius 3 is 2.82 bits per heavy atom. The van der Waals surface area contributed by atoms with Crippen molar-refractivity contribution in [2.45, 2.75) is 19.4 Å². The first-order valence-corrected chi connectivity index (χ1v) is 5.87. The Hall–Kier alpha value is -1.33. The van der Waals surface area contributed by atoms with Gasteiger partial charge in [0.2, 0.25) is 11.2 Å². The lowest BCUT2D eigenvalue weighted by Crippen LogP contribution is -2.25. The molecule has 1 aromatic heterocycles. The molecular formula is C12H17NO4. The summed E-state index contributed by atoms with van der Waals surface area (Å²) in [6.07, 6.45) is 3.75.